The van der Waals surface area contributed by atoms with Crippen LogP contribution in [0.1, 0.15) is 24.9 Å². The molecule has 0 bridgehead atoms. The average molecular weight is 408 g/mol. The quantitative estimate of drug-likeness (QED) is 0.749. The van der Waals surface area contributed by atoms with Crippen LogP contribution in [0.3, 0.4) is 0 Å². The van der Waals surface area contributed by atoms with E-state index >= 15 is 0 Å². The van der Waals surface area contributed by atoms with Gasteiger partial charge in [-0.05, 0) is 24.6 Å². The molecule has 0 saturated carbocycles. The number of amides is 1. The first-order valence-corrected chi connectivity index (χ1v) is 10.5. The topological polar surface area (TPSA) is 78.5 Å². The van der Waals surface area contributed by atoms with Crippen LogP contribution in [0.25, 0.3) is 0 Å². The average Bonchev–Trinajstić information content (AvgIpc) is 2.55. The number of hydrogen-bond donors (Lipinski definition) is 2. The second kappa shape index (κ2) is 9.78. The second-order valence-electron chi connectivity index (χ2n) is 6.08. The molecule has 2 rings (SSSR count). The van der Waals surface area contributed by atoms with Crippen LogP contribution in [0, 0.1) is 0 Å². The zero-order chi connectivity index (χ0) is 17.7. The molecule has 2 atom stereocenters. The standard InChI is InChI=1S/C16H25N3O3S2.ClH/c1-12(18-16(20)10-14-11-23-9-8-17-14)13-4-6-15(7-5-13)24(21,22)19(2)3;/h4-7,12,14,17H,8-11H2,1-3H3,(H,18,20);1H. The molecule has 1 fully saturated rings. The van der Waals surface area contributed by atoms with E-state index in [0.29, 0.717) is 6.42 Å². The number of sulfonamides is 1. The fourth-order valence-electron chi connectivity index (χ4n) is 2.50. The number of nitrogens with zero attached hydrogens (tertiary/aromatic N) is 1. The normalized spacial score (nSPS) is 19.1. The van der Waals surface area contributed by atoms with Gasteiger partial charge < -0.3 is 10.6 Å². The minimum atomic E-state index is -3.43. The number of thioether (sulfide) groups is 1. The number of nitrogens with one attached hydrogen (secondary N) is 2. The van der Waals surface area contributed by atoms with Crippen molar-refractivity contribution in [1.29, 1.82) is 0 Å². The first kappa shape index (κ1) is 22.2. The lowest BCUT2D eigenvalue weighted by Crippen LogP contribution is -2.41. The van der Waals surface area contributed by atoms with Gasteiger partial charge in [-0.1, -0.05) is 12.1 Å². The lowest BCUT2D eigenvalue weighted by atomic mass is 10.1. The molecule has 25 heavy (non-hydrogen) atoms. The number of carbonyl (C=O) groups is 1. The molecule has 9 heteroatoms. The van der Waals surface area contributed by atoms with E-state index in [1.54, 1.807) is 24.3 Å². The Bertz CT molecular complexity index is 660. The predicted octanol–water partition coefficient (Wildman–Crippen LogP) is 1.63. The molecule has 1 heterocycles. The van der Waals surface area contributed by atoms with Crippen LogP contribution >= 0.6 is 24.2 Å². The molecular weight excluding hydrogens is 382 g/mol. The molecule has 1 aliphatic rings. The summed E-state index contributed by atoms with van der Waals surface area (Å²) in [5.74, 6) is 2.06. The Kier molecular flexibility index (Phi) is 8.70. The predicted molar refractivity (Wildman–Crippen MR) is 105 cm³/mol. The van der Waals surface area contributed by atoms with Gasteiger partial charge in [0.2, 0.25) is 15.9 Å². The highest BCUT2D eigenvalue weighted by atomic mass is 35.5. The minimum Gasteiger partial charge on any atom is -0.350 e. The van der Waals surface area contributed by atoms with Crippen molar-refractivity contribution in [2.75, 3.05) is 32.1 Å². The molecular formula is C16H26ClN3O3S2. The molecule has 0 radical (unpaired) electrons. The fraction of sp³-hybridized carbons (Fsp3) is 0.562. The highest BCUT2D eigenvalue weighted by Crippen LogP contribution is 2.18. The third kappa shape index (κ3) is 6.14. The van der Waals surface area contributed by atoms with Gasteiger partial charge in [0, 0.05) is 44.6 Å². The van der Waals surface area contributed by atoms with E-state index in [2.05, 4.69) is 10.6 Å². The lowest BCUT2D eigenvalue weighted by Gasteiger charge is -2.23. The molecule has 1 aliphatic heterocycles. The van der Waals surface area contributed by atoms with Crippen LogP contribution in [0.5, 0.6) is 0 Å². The van der Waals surface area contributed by atoms with E-state index in [0.717, 1.165) is 23.6 Å². The highest BCUT2D eigenvalue weighted by Gasteiger charge is 2.20. The molecule has 1 saturated heterocycles. The summed E-state index contributed by atoms with van der Waals surface area (Å²) in [6, 6.07) is 6.71. The summed E-state index contributed by atoms with van der Waals surface area (Å²) < 4.78 is 25.3. The van der Waals surface area contributed by atoms with Crippen molar-refractivity contribution >= 4 is 40.1 Å². The summed E-state index contributed by atoms with van der Waals surface area (Å²) in [7, 11) is -0.419. The molecule has 1 aromatic carbocycles. The van der Waals surface area contributed by atoms with Crippen molar-refractivity contribution in [3.63, 3.8) is 0 Å². The zero-order valence-electron chi connectivity index (χ0n) is 14.7. The van der Waals surface area contributed by atoms with Crippen LogP contribution in [0.4, 0.5) is 0 Å². The van der Waals surface area contributed by atoms with Gasteiger partial charge in [0.15, 0.2) is 0 Å². The molecule has 6 nitrogen and oxygen atoms in total. The first-order chi connectivity index (χ1) is 11.3. The summed E-state index contributed by atoms with van der Waals surface area (Å²) in [4.78, 5) is 12.4. The second-order valence-corrected chi connectivity index (χ2v) is 9.38. The first-order valence-electron chi connectivity index (χ1n) is 7.93. The van der Waals surface area contributed by atoms with Crippen molar-refractivity contribution in [1.82, 2.24) is 14.9 Å². The Labute approximate surface area is 160 Å². The molecule has 2 unspecified atom stereocenters. The smallest absolute Gasteiger partial charge is 0.242 e. The number of hydrogen-bond acceptors (Lipinski definition) is 5. The van der Waals surface area contributed by atoms with Gasteiger partial charge in [-0.15, -0.1) is 12.4 Å². The minimum absolute atomic E-state index is 0. The van der Waals surface area contributed by atoms with E-state index in [4.69, 9.17) is 0 Å². The van der Waals surface area contributed by atoms with Crippen LogP contribution < -0.4 is 10.6 Å². The summed E-state index contributed by atoms with van der Waals surface area (Å²) >= 11 is 1.86. The van der Waals surface area contributed by atoms with Gasteiger partial charge in [0.25, 0.3) is 0 Å². The highest BCUT2D eigenvalue weighted by molar-refractivity contribution is 7.99. The number of rotatable bonds is 6. The van der Waals surface area contributed by atoms with E-state index in [1.165, 1.54) is 18.4 Å². The Morgan fingerprint density at radius 2 is 2.00 bits per heavy atom. The fourth-order valence-corrected chi connectivity index (χ4v) is 4.35. The maximum absolute atomic E-state index is 12.1. The van der Waals surface area contributed by atoms with E-state index in [1.807, 2.05) is 18.7 Å². The molecule has 0 aliphatic carbocycles. The van der Waals surface area contributed by atoms with E-state index in [9.17, 15) is 13.2 Å². The molecule has 0 spiro atoms. The Morgan fingerprint density at radius 3 is 2.52 bits per heavy atom. The maximum Gasteiger partial charge on any atom is 0.242 e. The summed E-state index contributed by atoms with van der Waals surface area (Å²) in [6.45, 7) is 2.84. The van der Waals surface area contributed by atoms with Crippen molar-refractivity contribution in [2.24, 2.45) is 0 Å². The molecule has 1 aromatic rings. The molecule has 1 amide bonds. The van der Waals surface area contributed by atoms with Gasteiger partial charge in [0.1, 0.15) is 0 Å². The van der Waals surface area contributed by atoms with Gasteiger partial charge in [-0.2, -0.15) is 11.8 Å². The zero-order valence-corrected chi connectivity index (χ0v) is 17.1. The number of halogens is 1. The number of carbonyl (C=O) groups excluding carboxylic acids is 1. The van der Waals surface area contributed by atoms with Gasteiger partial charge in [0.05, 0.1) is 10.9 Å². The lowest BCUT2D eigenvalue weighted by molar-refractivity contribution is -0.122. The Morgan fingerprint density at radius 1 is 1.36 bits per heavy atom. The van der Waals surface area contributed by atoms with E-state index in [-0.39, 0.29) is 35.3 Å². The largest absolute Gasteiger partial charge is 0.350 e. The maximum atomic E-state index is 12.1. The molecule has 0 aromatic heterocycles. The van der Waals surface area contributed by atoms with Crippen LogP contribution in [0.2, 0.25) is 0 Å². The van der Waals surface area contributed by atoms with Gasteiger partial charge in [-0.25, -0.2) is 12.7 Å². The SMILES string of the molecule is CC(NC(=O)CC1CSCCN1)c1ccc(S(=O)(=O)N(C)C)cc1.Cl. The number of benzene rings is 1. The van der Waals surface area contributed by atoms with Crippen molar-refractivity contribution in [2.45, 2.75) is 30.3 Å². The monoisotopic (exact) mass is 407 g/mol. The molecule has 142 valence electrons. The summed E-state index contributed by atoms with van der Waals surface area (Å²) in [5, 5.41) is 6.32. The van der Waals surface area contributed by atoms with Gasteiger partial charge in [-0.3, -0.25) is 4.79 Å². The Balaban J connectivity index is 0.00000312. The van der Waals surface area contributed by atoms with Gasteiger partial charge >= 0.3 is 0 Å². The van der Waals surface area contributed by atoms with Crippen molar-refractivity contribution in [3.8, 4) is 0 Å². The molecule has 2 N–H and O–H groups in total. The van der Waals surface area contributed by atoms with Crippen LogP contribution in [-0.2, 0) is 14.8 Å². The van der Waals surface area contributed by atoms with Crippen molar-refractivity contribution < 1.29 is 13.2 Å². The van der Waals surface area contributed by atoms with Crippen molar-refractivity contribution in [3.05, 3.63) is 29.8 Å². The summed E-state index contributed by atoms with van der Waals surface area (Å²) in [6.07, 6.45) is 0.463. The third-order valence-electron chi connectivity index (χ3n) is 3.97. The Hall–Kier alpha value is -0.800. The van der Waals surface area contributed by atoms with Crippen LogP contribution in [-0.4, -0.2) is 56.8 Å². The van der Waals surface area contributed by atoms with E-state index < -0.39 is 10.0 Å². The summed E-state index contributed by atoms with van der Waals surface area (Å²) in [5.41, 5.74) is 0.882. The third-order valence-corrected chi connectivity index (χ3v) is 6.93. The van der Waals surface area contributed by atoms with Crippen LogP contribution in [0.15, 0.2) is 29.2 Å².